The molecule has 0 saturated carbocycles. The molecule has 3 atom stereocenters. The zero-order chi connectivity index (χ0) is 18.0. The Morgan fingerprint density at radius 3 is 2.68 bits per heavy atom. The number of benzene rings is 1. The summed E-state index contributed by atoms with van der Waals surface area (Å²) in [6.45, 7) is 5.52. The molecule has 2 fully saturated rings. The third-order valence-electron chi connectivity index (χ3n) is 5.45. The molecule has 2 amide bonds. The predicted octanol–water partition coefficient (Wildman–Crippen LogP) is 2.11. The number of aryl methyl sites for hydroxylation is 1. The molecule has 0 radical (unpaired) electrons. The molecule has 5 nitrogen and oxygen atoms in total. The highest BCUT2D eigenvalue weighted by Gasteiger charge is 2.39. The average Bonchev–Trinajstić information content (AvgIpc) is 2.97. The number of rotatable bonds is 4. The Bertz CT molecular complexity index is 626. The van der Waals surface area contributed by atoms with Gasteiger partial charge in [0, 0.05) is 26.1 Å². The molecule has 0 bridgehead atoms. The van der Waals surface area contributed by atoms with E-state index in [1.165, 1.54) is 5.56 Å². The molecule has 2 aliphatic rings. The molecule has 1 aromatic carbocycles. The predicted molar refractivity (Wildman–Crippen MR) is 95.7 cm³/mol. The third-order valence-corrected chi connectivity index (χ3v) is 5.45. The monoisotopic (exact) mass is 344 g/mol. The normalized spacial score (nSPS) is 25.3. The molecule has 0 aliphatic carbocycles. The van der Waals surface area contributed by atoms with Gasteiger partial charge in [-0.3, -0.25) is 9.59 Å². The molecule has 0 spiro atoms. The maximum absolute atomic E-state index is 12.9. The first-order chi connectivity index (χ1) is 12.0. The van der Waals surface area contributed by atoms with E-state index in [9.17, 15) is 14.7 Å². The zero-order valence-corrected chi connectivity index (χ0v) is 15.1. The lowest BCUT2D eigenvalue weighted by Crippen LogP contribution is -2.51. The summed E-state index contributed by atoms with van der Waals surface area (Å²) in [4.78, 5) is 28.9. The quantitative estimate of drug-likeness (QED) is 0.910. The minimum Gasteiger partial charge on any atom is -0.391 e. The lowest BCUT2D eigenvalue weighted by atomic mass is 9.95. The number of nitrogens with zero attached hydrogens (tertiary/aromatic N) is 2. The van der Waals surface area contributed by atoms with E-state index in [0.29, 0.717) is 19.6 Å². The molecule has 3 unspecified atom stereocenters. The molecule has 1 N–H and O–H groups in total. The van der Waals surface area contributed by atoms with Gasteiger partial charge in [-0.1, -0.05) is 29.8 Å². The number of hydrogen-bond donors (Lipinski definition) is 1. The molecule has 0 aromatic heterocycles. The van der Waals surface area contributed by atoms with E-state index in [1.807, 2.05) is 36.1 Å². The lowest BCUT2D eigenvalue weighted by Gasteiger charge is -2.38. The zero-order valence-electron chi connectivity index (χ0n) is 15.1. The van der Waals surface area contributed by atoms with E-state index < -0.39 is 6.10 Å². The van der Waals surface area contributed by atoms with Gasteiger partial charge in [-0.25, -0.2) is 0 Å². The van der Waals surface area contributed by atoms with Crippen molar-refractivity contribution in [1.82, 2.24) is 9.80 Å². The van der Waals surface area contributed by atoms with Crippen LogP contribution in [-0.4, -0.2) is 52.0 Å². The first-order valence-electron chi connectivity index (χ1n) is 9.27. The Morgan fingerprint density at radius 1 is 1.28 bits per heavy atom. The van der Waals surface area contributed by atoms with Crippen molar-refractivity contribution in [2.24, 2.45) is 5.92 Å². The SMILES string of the molecule is Cc1ccc(CN2CC(C(=O)N3CCCCC3C(C)O)CC2=O)cc1. The third kappa shape index (κ3) is 4.03. The van der Waals surface area contributed by atoms with E-state index in [1.54, 1.807) is 11.8 Å². The average molecular weight is 344 g/mol. The van der Waals surface area contributed by atoms with Crippen LogP contribution in [0.4, 0.5) is 0 Å². The van der Waals surface area contributed by atoms with Crippen molar-refractivity contribution in [2.45, 2.75) is 58.2 Å². The number of carbonyl (C=O) groups is 2. The summed E-state index contributed by atoms with van der Waals surface area (Å²) in [5, 5.41) is 9.99. The second-order valence-electron chi connectivity index (χ2n) is 7.50. The summed E-state index contributed by atoms with van der Waals surface area (Å²) in [6.07, 6.45) is 2.63. The second kappa shape index (κ2) is 7.56. The number of carbonyl (C=O) groups excluding carboxylic acids is 2. The van der Waals surface area contributed by atoms with Crippen molar-refractivity contribution in [3.63, 3.8) is 0 Å². The minimum atomic E-state index is -0.523. The number of aliphatic hydroxyl groups excluding tert-OH is 1. The summed E-state index contributed by atoms with van der Waals surface area (Å²) in [5.41, 5.74) is 2.28. The maximum Gasteiger partial charge on any atom is 0.228 e. The number of aliphatic hydroxyl groups is 1. The van der Waals surface area contributed by atoms with Gasteiger partial charge in [0.2, 0.25) is 11.8 Å². The van der Waals surface area contributed by atoms with Crippen LogP contribution in [0.2, 0.25) is 0 Å². The van der Waals surface area contributed by atoms with Crippen LogP contribution in [0.15, 0.2) is 24.3 Å². The van der Waals surface area contributed by atoms with Crippen molar-refractivity contribution in [3.05, 3.63) is 35.4 Å². The van der Waals surface area contributed by atoms with E-state index in [4.69, 9.17) is 0 Å². The molecule has 25 heavy (non-hydrogen) atoms. The van der Waals surface area contributed by atoms with Crippen molar-refractivity contribution in [3.8, 4) is 0 Å². The number of hydrogen-bond acceptors (Lipinski definition) is 3. The first kappa shape index (κ1) is 17.9. The van der Waals surface area contributed by atoms with Crippen LogP contribution in [0.5, 0.6) is 0 Å². The molecule has 2 heterocycles. The van der Waals surface area contributed by atoms with Crippen LogP contribution in [0.3, 0.4) is 0 Å². The first-order valence-corrected chi connectivity index (χ1v) is 9.27. The number of piperidine rings is 1. The summed E-state index contributed by atoms with van der Waals surface area (Å²) in [6, 6.07) is 8.04. The molecule has 2 aliphatic heterocycles. The summed E-state index contributed by atoms with van der Waals surface area (Å²) in [5.74, 6) is -0.202. The van der Waals surface area contributed by atoms with Crippen molar-refractivity contribution >= 4 is 11.8 Å². The number of amides is 2. The van der Waals surface area contributed by atoms with E-state index in [2.05, 4.69) is 0 Å². The molecule has 5 heteroatoms. The Kier molecular flexibility index (Phi) is 5.42. The Balaban J connectivity index is 1.64. The highest BCUT2D eigenvalue weighted by Crippen LogP contribution is 2.27. The van der Waals surface area contributed by atoms with Crippen LogP contribution in [0.1, 0.15) is 43.7 Å². The minimum absolute atomic E-state index is 0.0327. The fourth-order valence-electron chi connectivity index (χ4n) is 3.97. The van der Waals surface area contributed by atoms with Gasteiger partial charge in [-0.2, -0.15) is 0 Å². The maximum atomic E-state index is 12.9. The summed E-state index contributed by atoms with van der Waals surface area (Å²) >= 11 is 0. The van der Waals surface area contributed by atoms with E-state index in [0.717, 1.165) is 24.8 Å². The van der Waals surface area contributed by atoms with Gasteiger partial charge in [0.15, 0.2) is 0 Å². The van der Waals surface area contributed by atoms with Crippen molar-refractivity contribution in [2.75, 3.05) is 13.1 Å². The molecule has 1 aromatic rings. The standard InChI is InChI=1S/C20H28N2O3/c1-14-6-8-16(9-7-14)12-21-13-17(11-19(21)24)20(25)22-10-4-3-5-18(22)15(2)23/h6-9,15,17-18,23H,3-5,10-13H2,1-2H3. The number of likely N-dealkylation sites (tertiary alicyclic amines) is 2. The molecule has 2 saturated heterocycles. The molecule has 3 rings (SSSR count). The van der Waals surface area contributed by atoms with E-state index >= 15 is 0 Å². The van der Waals surface area contributed by atoms with Crippen LogP contribution >= 0.6 is 0 Å². The van der Waals surface area contributed by atoms with E-state index in [-0.39, 0.29) is 30.2 Å². The second-order valence-corrected chi connectivity index (χ2v) is 7.50. The van der Waals surface area contributed by atoms with Gasteiger partial charge < -0.3 is 14.9 Å². The lowest BCUT2D eigenvalue weighted by molar-refractivity contribution is -0.142. The molecular formula is C20H28N2O3. The largest absolute Gasteiger partial charge is 0.391 e. The van der Waals surface area contributed by atoms with Gasteiger partial charge in [0.25, 0.3) is 0 Å². The van der Waals surface area contributed by atoms with Gasteiger partial charge in [-0.05, 0) is 38.7 Å². The van der Waals surface area contributed by atoms with Crippen LogP contribution in [0, 0.1) is 12.8 Å². The van der Waals surface area contributed by atoms with Crippen LogP contribution in [0.25, 0.3) is 0 Å². The Labute approximate surface area is 149 Å². The molecule has 136 valence electrons. The van der Waals surface area contributed by atoms with Crippen molar-refractivity contribution < 1.29 is 14.7 Å². The fraction of sp³-hybridized carbons (Fsp3) is 0.600. The van der Waals surface area contributed by atoms with Crippen LogP contribution in [-0.2, 0) is 16.1 Å². The van der Waals surface area contributed by atoms with Crippen LogP contribution < -0.4 is 0 Å². The molecular weight excluding hydrogens is 316 g/mol. The topological polar surface area (TPSA) is 60.9 Å². The van der Waals surface area contributed by atoms with Gasteiger partial charge in [0.05, 0.1) is 18.1 Å². The fourth-order valence-corrected chi connectivity index (χ4v) is 3.97. The van der Waals surface area contributed by atoms with Gasteiger partial charge in [0.1, 0.15) is 0 Å². The van der Waals surface area contributed by atoms with Gasteiger partial charge >= 0.3 is 0 Å². The smallest absolute Gasteiger partial charge is 0.228 e. The highest BCUT2D eigenvalue weighted by atomic mass is 16.3. The van der Waals surface area contributed by atoms with Gasteiger partial charge in [-0.15, -0.1) is 0 Å². The Morgan fingerprint density at radius 2 is 2.00 bits per heavy atom. The summed E-state index contributed by atoms with van der Waals surface area (Å²) in [7, 11) is 0. The Hall–Kier alpha value is -1.88. The highest BCUT2D eigenvalue weighted by molar-refractivity contribution is 5.89. The summed E-state index contributed by atoms with van der Waals surface area (Å²) < 4.78 is 0. The van der Waals surface area contributed by atoms with Crippen molar-refractivity contribution in [1.29, 1.82) is 0 Å².